The molecular weight excluding hydrogens is 338 g/mol. The first-order chi connectivity index (χ1) is 12.8. The van der Waals surface area contributed by atoms with Crippen LogP contribution in [0, 0.1) is 0 Å². The van der Waals surface area contributed by atoms with Crippen molar-refractivity contribution in [3.63, 3.8) is 0 Å². The van der Waals surface area contributed by atoms with Gasteiger partial charge in [-0.3, -0.25) is 9.78 Å². The maximum Gasteiger partial charge on any atom is 0.263 e. The molecule has 0 saturated carbocycles. The van der Waals surface area contributed by atoms with Crippen LogP contribution in [-0.4, -0.2) is 48.1 Å². The van der Waals surface area contributed by atoms with E-state index >= 15 is 0 Å². The van der Waals surface area contributed by atoms with Crippen LogP contribution in [0.5, 0.6) is 5.75 Å². The van der Waals surface area contributed by atoms with Crippen molar-refractivity contribution in [3.05, 3.63) is 54.4 Å². The van der Waals surface area contributed by atoms with E-state index in [0.29, 0.717) is 13.1 Å². The van der Waals surface area contributed by atoms with E-state index in [0.717, 1.165) is 24.5 Å². The summed E-state index contributed by atoms with van der Waals surface area (Å²) in [4.78, 5) is 21.0. The second-order valence-electron chi connectivity index (χ2n) is 8.05. The Morgan fingerprint density at radius 3 is 2.15 bits per heavy atom. The second-order valence-corrected chi connectivity index (χ2v) is 8.05. The molecular formula is C22H29N3O2. The molecule has 144 valence electrons. The number of anilines is 1. The van der Waals surface area contributed by atoms with Crippen LogP contribution in [0.4, 0.5) is 5.69 Å². The molecule has 1 amide bonds. The van der Waals surface area contributed by atoms with Gasteiger partial charge in [0.15, 0.2) is 6.10 Å². The van der Waals surface area contributed by atoms with Gasteiger partial charge in [0.25, 0.3) is 5.91 Å². The smallest absolute Gasteiger partial charge is 0.263 e. The maximum absolute atomic E-state index is 12.7. The first-order valence-corrected chi connectivity index (χ1v) is 9.55. The maximum atomic E-state index is 12.7. The predicted molar refractivity (Wildman–Crippen MR) is 108 cm³/mol. The Morgan fingerprint density at radius 1 is 1.00 bits per heavy atom. The van der Waals surface area contributed by atoms with E-state index in [-0.39, 0.29) is 11.3 Å². The number of benzene rings is 1. The normalized spacial score (nSPS) is 16.1. The molecule has 0 N–H and O–H groups in total. The Morgan fingerprint density at radius 2 is 1.59 bits per heavy atom. The van der Waals surface area contributed by atoms with Crippen molar-refractivity contribution in [1.29, 1.82) is 0 Å². The molecule has 0 radical (unpaired) electrons. The minimum Gasteiger partial charge on any atom is -0.481 e. The summed E-state index contributed by atoms with van der Waals surface area (Å²) in [6.45, 7) is 11.4. The van der Waals surface area contributed by atoms with E-state index in [2.05, 4.69) is 42.8 Å². The zero-order valence-corrected chi connectivity index (χ0v) is 16.7. The summed E-state index contributed by atoms with van der Waals surface area (Å²) in [6, 6.07) is 12.0. The molecule has 2 heterocycles. The van der Waals surface area contributed by atoms with Crippen LogP contribution >= 0.6 is 0 Å². The molecule has 1 saturated heterocycles. The molecule has 1 aromatic carbocycles. The Labute approximate surface area is 162 Å². The number of hydrogen-bond donors (Lipinski definition) is 0. The van der Waals surface area contributed by atoms with E-state index < -0.39 is 6.10 Å². The standard InChI is InChI=1S/C22H29N3O2/c1-17(27-20-7-5-18(6-8-20)22(2,3)4)21(26)25-15-13-24(14-16-25)19-9-11-23-12-10-19/h5-12,17H,13-16H2,1-4H3/t17-/m0/s1. The summed E-state index contributed by atoms with van der Waals surface area (Å²) in [6.07, 6.45) is 3.11. The average molecular weight is 367 g/mol. The van der Waals surface area contributed by atoms with Gasteiger partial charge in [-0.2, -0.15) is 0 Å². The highest BCUT2D eigenvalue weighted by Gasteiger charge is 2.26. The van der Waals surface area contributed by atoms with Gasteiger partial charge in [0.1, 0.15) is 5.75 Å². The van der Waals surface area contributed by atoms with E-state index in [4.69, 9.17) is 4.74 Å². The number of rotatable bonds is 4. The van der Waals surface area contributed by atoms with Crippen molar-refractivity contribution in [1.82, 2.24) is 9.88 Å². The Balaban J connectivity index is 1.54. The van der Waals surface area contributed by atoms with Crippen LogP contribution in [0.1, 0.15) is 33.3 Å². The lowest BCUT2D eigenvalue weighted by Gasteiger charge is -2.37. The fraction of sp³-hybridized carbons (Fsp3) is 0.455. The fourth-order valence-corrected chi connectivity index (χ4v) is 3.29. The molecule has 5 heteroatoms. The summed E-state index contributed by atoms with van der Waals surface area (Å²) >= 11 is 0. The van der Waals surface area contributed by atoms with Crippen molar-refractivity contribution < 1.29 is 9.53 Å². The largest absolute Gasteiger partial charge is 0.481 e. The first kappa shape index (κ1) is 19.2. The molecule has 2 aromatic rings. The first-order valence-electron chi connectivity index (χ1n) is 9.55. The molecule has 0 bridgehead atoms. The summed E-state index contributed by atoms with van der Waals surface area (Å²) in [7, 11) is 0. The molecule has 1 atom stereocenters. The van der Waals surface area contributed by atoms with Gasteiger partial charge in [-0.15, -0.1) is 0 Å². The molecule has 1 aromatic heterocycles. The van der Waals surface area contributed by atoms with Crippen LogP contribution < -0.4 is 9.64 Å². The highest BCUT2D eigenvalue weighted by atomic mass is 16.5. The topological polar surface area (TPSA) is 45.7 Å². The number of carbonyl (C=O) groups excluding carboxylic acids is 1. The van der Waals surface area contributed by atoms with Crippen molar-refractivity contribution in [2.24, 2.45) is 0 Å². The molecule has 0 unspecified atom stereocenters. The van der Waals surface area contributed by atoms with Gasteiger partial charge in [0.05, 0.1) is 0 Å². The Hall–Kier alpha value is -2.56. The summed E-state index contributed by atoms with van der Waals surface area (Å²) in [5.41, 5.74) is 2.51. The van der Waals surface area contributed by atoms with Gasteiger partial charge in [0, 0.05) is 44.3 Å². The number of pyridine rings is 1. The third-order valence-electron chi connectivity index (χ3n) is 5.00. The Kier molecular flexibility index (Phi) is 5.68. The molecule has 0 aliphatic carbocycles. The number of hydrogen-bond acceptors (Lipinski definition) is 4. The zero-order valence-electron chi connectivity index (χ0n) is 16.7. The Bertz CT molecular complexity index is 745. The van der Waals surface area contributed by atoms with Crippen LogP contribution in [0.2, 0.25) is 0 Å². The van der Waals surface area contributed by atoms with Crippen molar-refractivity contribution in [2.45, 2.75) is 39.2 Å². The van der Waals surface area contributed by atoms with Crippen LogP contribution in [0.25, 0.3) is 0 Å². The number of aromatic nitrogens is 1. The lowest BCUT2D eigenvalue weighted by Crippen LogP contribution is -2.52. The summed E-state index contributed by atoms with van der Waals surface area (Å²) < 4.78 is 5.90. The molecule has 5 nitrogen and oxygen atoms in total. The molecule has 1 aliphatic heterocycles. The van der Waals surface area contributed by atoms with E-state index in [1.165, 1.54) is 5.56 Å². The fourth-order valence-electron chi connectivity index (χ4n) is 3.29. The van der Waals surface area contributed by atoms with E-state index in [9.17, 15) is 4.79 Å². The highest BCUT2D eigenvalue weighted by Crippen LogP contribution is 2.25. The number of nitrogens with zero attached hydrogens (tertiary/aromatic N) is 3. The van der Waals surface area contributed by atoms with Gasteiger partial charge in [-0.1, -0.05) is 32.9 Å². The average Bonchev–Trinajstić information content (AvgIpc) is 2.68. The van der Waals surface area contributed by atoms with Gasteiger partial charge >= 0.3 is 0 Å². The van der Waals surface area contributed by atoms with E-state index in [1.807, 2.05) is 36.1 Å². The highest BCUT2D eigenvalue weighted by molar-refractivity contribution is 5.81. The van der Waals surface area contributed by atoms with Gasteiger partial charge in [-0.05, 0) is 42.2 Å². The van der Waals surface area contributed by atoms with Gasteiger partial charge in [0.2, 0.25) is 0 Å². The molecule has 1 fully saturated rings. The lowest BCUT2D eigenvalue weighted by atomic mass is 9.87. The van der Waals surface area contributed by atoms with Crippen molar-refractivity contribution in [2.75, 3.05) is 31.1 Å². The van der Waals surface area contributed by atoms with Crippen LogP contribution in [0.3, 0.4) is 0 Å². The zero-order chi connectivity index (χ0) is 19.4. The monoisotopic (exact) mass is 367 g/mol. The van der Waals surface area contributed by atoms with Crippen LogP contribution in [0.15, 0.2) is 48.8 Å². The van der Waals surface area contributed by atoms with Crippen molar-refractivity contribution in [3.8, 4) is 5.75 Å². The van der Waals surface area contributed by atoms with E-state index in [1.54, 1.807) is 12.4 Å². The third kappa shape index (κ3) is 4.79. The van der Waals surface area contributed by atoms with Crippen LogP contribution in [-0.2, 0) is 10.2 Å². The number of piperazine rings is 1. The van der Waals surface area contributed by atoms with Gasteiger partial charge < -0.3 is 14.5 Å². The SMILES string of the molecule is C[C@H](Oc1ccc(C(C)(C)C)cc1)C(=O)N1CCN(c2ccncc2)CC1. The predicted octanol–water partition coefficient (Wildman–Crippen LogP) is 3.50. The molecule has 0 spiro atoms. The van der Waals surface area contributed by atoms with Gasteiger partial charge in [-0.25, -0.2) is 0 Å². The minimum atomic E-state index is -0.488. The number of carbonyl (C=O) groups is 1. The quantitative estimate of drug-likeness (QED) is 0.830. The number of ether oxygens (including phenoxy) is 1. The summed E-state index contributed by atoms with van der Waals surface area (Å²) in [5, 5.41) is 0. The summed E-state index contributed by atoms with van der Waals surface area (Å²) in [5.74, 6) is 0.781. The lowest BCUT2D eigenvalue weighted by molar-refractivity contribution is -0.138. The second kappa shape index (κ2) is 7.99. The van der Waals surface area contributed by atoms with Crippen molar-refractivity contribution >= 4 is 11.6 Å². The number of amides is 1. The third-order valence-corrected chi connectivity index (χ3v) is 5.00. The molecule has 1 aliphatic rings. The minimum absolute atomic E-state index is 0.0456. The molecule has 27 heavy (non-hydrogen) atoms. The molecule has 3 rings (SSSR count).